The van der Waals surface area contributed by atoms with E-state index in [0.29, 0.717) is 21.8 Å². The summed E-state index contributed by atoms with van der Waals surface area (Å²) in [6.45, 7) is 0.450. The van der Waals surface area contributed by atoms with E-state index in [1.54, 1.807) is 6.20 Å². The normalized spacial score (nSPS) is 16.2. The van der Waals surface area contributed by atoms with Crippen molar-refractivity contribution in [2.24, 2.45) is 4.99 Å². The molecule has 0 aliphatic carbocycles. The molecule has 0 saturated carbocycles. The number of ether oxygens (including phenoxy) is 1. The molecule has 0 atom stereocenters. The summed E-state index contributed by atoms with van der Waals surface area (Å²) < 4.78 is 6.16. The van der Waals surface area contributed by atoms with E-state index in [-0.39, 0.29) is 5.91 Å². The molecule has 0 spiro atoms. The van der Waals surface area contributed by atoms with Crippen molar-refractivity contribution in [3.8, 4) is 5.75 Å². The number of carbonyl (C=O) groups is 1. The van der Waals surface area contributed by atoms with E-state index < -0.39 is 0 Å². The van der Waals surface area contributed by atoms with Gasteiger partial charge in [-0.15, -0.1) is 11.3 Å². The number of amides is 1. The van der Waals surface area contributed by atoms with Gasteiger partial charge in [-0.05, 0) is 46.3 Å². The molecule has 1 saturated heterocycles. The fraction of sp³-hybridized carbons (Fsp3) is 0.0417. The van der Waals surface area contributed by atoms with Gasteiger partial charge in [0.1, 0.15) is 12.4 Å². The van der Waals surface area contributed by atoms with Crippen LogP contribution in [0, 0.1) is 0 Å². The van der Waals surface area contributed by atoms with Crippen LogP contribution < -0.4 is 10.1 Å². The number of benzene rings is 3. The highest BCUT2D eigenvalue weighted by molar-refractivity contribution is 8.18. The lowest BCUT2D eigenvalue weighted by Crippen LogP contribution is -2.19. The number of hydrogen-bond acceptors (Lipinski definition) is 6. The number of thiazole rings is 1. The molecule has 31 heavy (non-hydrogen) atoms. The molecule has 1 aromatic heterocycles. The highest BCUT2D eigenvalue weighted by atomic mass is 32.2. The number of thioether (sulfide) groups is 1. The van der Waals surface area contributed by atoms with Gasteiger partial charge in [-0.1, -0.05) is 54.6 Å². The molecule has 1 aliphatic rings. The Hall–Kier alpha value is -3.42. The molecule has 1 amide bonds. The number of nitrogens with one attached hydrogen (secondary N) is 1. The number of aliphatic imine (C=N–C) groups is 1. The largest absolute Gasteiger partial charge is 0.488 e. The molecule has 0 bridgehead atoms. The molecular formula is C24H17N3O2S2. The second kappa shape index (κ2) is 8.75. The van der Waals surface area contributed by atoms with Crippen LogP contribution in [0.4, 0.5) is 5.13 Å². The molecule has 0 radical (unpaired) electrons. The first kappa shape index (κ1) is 19.5. The fourth-order valence-electron chi connectivity index (χ4n) is 3.19. The molecule has 5 rings (SSSR count). The topological polar surface area (TPSA) is 63.6 Å². The van der Waals surface area contributed by atoms with Crippen molar-refractivity contribution in [1.82, 2.24) is 10.3 Å². The van der Waals surface area contributed by atoms with Crippen LogP contribution >= 0.6 is 23.1 Å². The molecule has 0 unspecified atom stereocenters. The Morgan fingerprint density at radius 3 is 2.58 bits per heavy atom. The van der Waals surface area contributed by atoms with E-state index in [0.717, 1.165) is 27.6 Å². The van der Waals surface area contributed by atoms with Gasteiger partial charge < -0.3 is 10.1 Å². The van der Waals surface area contributed by atoms with Crippen LogP contribution in [0.1, 0.15) is 11.1 Å². The number of nitrogens with zero attached hydrogens (tertiary/aromatic N) is 2. The van der Waals surface area contributed by atoms with E-state index in [1.165, 1.54) is 23.1 Å². The zero-order chi connectivity index (χ0) is 21.0. The van der Waals surface area contributed by atoms with Gasteiger partial charge in [0.05, 0.1) is 4.91 Å². The third-order valence-corrected chi connectivity index (χ3v) is 6.24. The van der Waals surface area contributed by atoms with Crippen molar-refractivity contribution >= 4 is 56.2 Å². The Bertz CT molecular complexity index is 1300. The van der Waals surface area contributed by atoms with Gasteiger partial charge in [-0.25, -0.2) is 4.98 Å². The number of rotatable bonds is 5. The van der Waals surface area contributed by atoms with Crippen LogP contribution in [0.25, 0.3) is 16.8 Å². The summed E-state index contributed by atoms with van der Waals surface area (Å²) in [5.74, 6) is 0.552. The van der Waals surface area contributed by atoms with Crippen LogP contribution in [0.3, 0.4) is 0 Å². The van der Waals surface area contributed by atoms with Crippen LogP contribution in [0.15, 0.2) is 88.2 Å². The van der Waals surface area contributed by atoms with E-state index in [9.17, 15) is 4.79 Å². The van der Waals surface area contributed by atoms with Gasteiger partial charge in [-0.3, -0.25) is 4.79 Å². The first-order valence-electron chi connectivity index (χ1n) is 9.63. The molecule has 2 heterocycles. The first-order chi connectivity index (χ1) is 15.2. The summed E-state index contributed by atoms with van der Waals surface area (Å²) >= 11 is 2.72. The predicted octanol–water partition coefficient (Wildman–Crippen LogP) is 5.77. The number of amidine groups is 1. The maximum atomic E-state index is 12.5. The summed E-state index contributed by atoms with van der Waals surface area (Å²) in [5, 5.41) is 7.97. The maximum absolute atomic E-state index is 12.5. The minimum Gasteiger partial charge on any atom is -0.488 e. The Morgan fingerprint density at radius 2 is 1.81 bits per heavy atom. The summed E-state index contributed by atoms with van der Waals surface area (Å²) in [6.07, 6.45) is 3.55. The van der Waals surface area contributed by atoms with Crippen molar-refractivity contribution < 1.29 is 9.53 Å². The number of hydrogen-bond donors (Lipinski definition) is 1. The molecule has 3 aromatic carbocycles. The van der Waals surface area contributed by atoms with Crippen molar-refractivity contribution in [3.63, 3.8) is 0 Å². The average molecular weight is 444 g/mol. The quantitative estimate of drug-likeness (QED) is 0.398. The van der Waals surface area contributed by atoms with Gasteiger partial charge in [0.2, 0.25) is 5.13 Å². The zero-order valence-electron chi connectivity index (χ0n) is 16.3. The first-order valence-corrected chi connectivity index (χ1v) is 11.3. The lowest BCUT2D eigenvalue weighted by molar-refractivity contribution is -0.115. The Balaban J connectivity index is 1.48. The Labute approximate surface area is 187 Å². The van der Waals surface area contributed by atoms with E-state index in [2.05, 4.69) is 27.4 Å². The zero-order valence-corrected chi connectivity index (χ0v) is 18.0. The Kier molecular flexibility index (Phi) is 5.52. The summed E-state index contributed by atoms with van der Waals surface area (Å²) in [7, 11) is 0. The van der Waals surface area contributed by atoms with Gasteiger partial charge in [-0.2, -0.15) is 4.99 Å². The Morgan fingerprint density at radius 1 is 1.03 bits per heavy atom. The number of fused-ring (bicyclic) bond motifs is 1. The standard InChI is InChI=1S/C24H17N3O2S2/c28-22-21(31-24(26-22)27-23-25-10-11-30-23)14-19-12-17-8-4-5-9-18(17)13-20(19)29-15-16-6-2-1-3-7-16/h1-14H,15H2,(H,25,26,27,28). The third kappa shape index (κ3) is 4.52. The smallest absolute Gasteiger partial charge is 0.264 e. The molecule has 7 heteroatoms. The summed E-state index contributed by atoms with van der Waals surface area (Å²) in [4.78, 5) is 21.6. The lowest BCUT2D eigenvalue weighted by Gasteiger charge is -2.12. The number of carbonyl (C=O) groups excluding carboxylic acids is 1. The fourth-order valence-corrected chi connectivity index (χ4v) is 4.57. The van der Waals surface area contributed by atoms with Gasteiger partial charge in [0.15, 0.2) is 5.17 Å². The molecule has 152 valence electrons. The minimum absolute atomic E-state index is 0.178. The van der Waals surface area contributed by atoms with Crippen LogP contribution in [0.2, 0.25) is 0 Å². The third-order valence-electron chi connectivity index (χ3n) is 4.67. The highest BCUT2D eigenvalue weighted by Crippen LogP contribution is 2.33. The molecule has 1 fully saturated rings. The summed E-state index contributed by atoms with van der Waals surface area (Å²) in [6, 6.07) is 22.2. The van der Waals surface area contributed by atoms with Crippen LogP contribution in [0.5, 0.6) is 5.75 Å². The minimum atomic E-state index is -0.178. The van der Waals surface area contributed by atoms with Crippen molar-refractivity contribution in [1.29, 1.82) is 0 Å². The van der Waals surface area contributed by atoms with Gasteiger partial charge >= 0.3 is 0 Å². The van der Waals surface area contributed by atoms with E-state index in [1.807, 2.05) is 66.1 Å². The summed E-state index contributed by atoms with van der Waals surface area (Å²) in [5.41, 5.74) is 1.93. The second-order valence-corrected chi connectivity index (χ2v) is 8.71. The van der Waals surface area contributed by atoms with Gasteiger partial charge in [0.25, 0.3) is 5.91 Å². The predicted molar refractivity (Wildman–Crippen MR) is 128 cm³/mol. The van der Waals surface area contributed by atoms with E-state index >= 15 is 0 Å². The van der Waals surface area contributed by atoms with Crippen molar-refractivity contribution in [2.45, 2.75) is 6.61 Å². The molecular weight excluding hydrogens is 426 g/mol. The van der Waals surface area contributed by atoms with Crippen molar-refractivity contribution in [2.75, 3.05) is 0 Å². The average Bonchev–Trinajstić information content (AvgIpc) is 3.42. The van der Waals surface area contributed by atoms with Gasteiger partial charge in [0, 0.05) is 17.1 Å². The van der Waals surface area contributed by atoms with E-state index in [4.69, 9.17) is 4.74 Å². The van der Waals surface area contributed by atoms with Crippen LogP contribution in [-0.2, 0) is 11.4 Å². The SMILES string of the molecule is O=C1N/C(=N\c2nccs2)SC1=Cc1cc2ccccc2cc1OCc1ccccc1. The number of aromatic nitrogens is 1. The molecule has 4 aromatic rings. The molecule has 1 aliphatic heterocycles. The highest BCUT2D eigenvalue weighted by Gasteiger charge is 2.24. The lowest BCUT2D eigenvalue weighted by atomic mass is 10.1. The monoisotopic (exact) mass is 443 g/mol. The van der Waals surface area contributed by atoms with Crippen molar-refractivity contribution in [3.05, 3.63) is 94.3 Å². The molecule has 5 nitrogen and oxygen atoms in total. The molecule has 1 N–H and O–H groups in total. The van der Waals surface area contributed by atoms with Crippen LogP contribution in [-0.4, -0.2) is 16.1 Å². The maximum Gasteiger partial charge on any atom is 0.264 e. The second-order valence-electron chi connectivity index (χ2n) is 6.81.